The van der Waals surface area contributed by atoms with Crippen molar-refractivity contribution in [1.82, 2.24) is 4.98 Å². The van der Waals surface area contributed by atoms with Crippen LogP contribution in [0.1, 0.15) is 22.3 Å². The maximum Gasteiger partial charge on any atom is 0.0714 e. The highest BCUT2D eigenvalue weighted by molar-refractivity contribution is 5.85. The molecule has 0 saturated carbocycles. The molecule has 0 aliphatic carbocycles. The molecule has 0 unspecified atom stereocenters. The minimum absolute atomic E-state index is 1.05. The van der Waals surface area contributed by atoms with Gasteiger partial charge in [-0.15, -0.1) is 0 Å². The molecule has 20 heavy (non-hydrogen) atoms. The summed E-state index contributed by atoms with van der Waals surface area (Å²) in [5, 5.41) is 1.24. The van der Waals surface area contributed by atoms with Crippen LogP contribution < -0.4 is 0 Å². The summed E-state index contributed by atoms with van der Waals surface area (Å²) in [6.07, 6.45) is 0. The monoisotopic (exact) mass is 261 g/mol. The molecule has 1 aromatic heterocycles. The van der Waals surface area contributed by atoms with Gasteiger partial charge in [-0.05, 0) is 68.1 Å². The standard InChI is InChI=1S/C19H19N/c1-12-9-15(4)17-7-8-18(20-19(17)10-12)16-6-5-13(2)14(3)11-16/h5-11H,1-4H3. The first-order valence-electron chi connectivity index (χ1n) is 7.00. The minimum Gasteiger partial charge on any atom is -0.248 e. The molecule has 0 spiro atoms. The predicted octanol–water partition coefficient (Wildman–Crippen LogP) is 5.14. The van der Waals surface area contributed by atoms with Crippen molar-refractivity contribution in [2.75, 3.05) is 0 Å². The topological polar surface area (TPSA) is 12.9 Å². The fourth-order valence-corrected chi connectivity index (χ4v) is 2.66. The van der Waals surface area contributed by atoms with Crippen LogP contribution in [-0.4, -0.2) is 4.98 Å². The van der Waals surface area contributed by atoms with Gasteiger partial charge in [-0.1, -0.05) is 24.3 Å². The van der Waals surface area contributed by atoms with E-state index in [0.717, 1.165) is 11.2 Å². The summed E-state index contributed by atoms with van der Waals surface area (Å²) in [6.45, 7) is 8.55. The van der Waals surface area contributed by atoms with Gasteiger partial charge >= 0.3 is 0 Å². The number of rotatable bonds is 1. The Morgan fingerprint density at radius 2 is 1.50 bits per heavy atom. The highest BCUT2D eigenvalue weighted by Gasteiger charge is 2.05. The van der Waals surface area contributed by atoms with Crippen LogP contribution >= 0.6 is 0 Å². The number of nitrogens with zero attached hydrogens (tertiary/aromatic N) is 1. The van der Waals surface area contributed by atoms with E-state index in [4.69, 9.17) is 4.98 Å². The van der Waals surface area contributed by atoms with Gasteiger partial charge in [0.25, 0.3) is 0 Å². The molecule has 3 aromatic rings. The molecular formula is C19H19N. The molecule has 2 aromatic carbocycles. The second-order valence-corrected chi connectivity index (χ2v) is 5.64. The first-order valence-corrected chi connectivity index (χ1v) is 7.00. The van der Waals surface area contributed by atoms with Crippen molar-refractivity contribution >= 4 is 10.9 Å². The number of hydrogen-bond acceptors (Lipinski definition) is 1. The fourth-order valence-electron chi connectivity index (χ4n) is 2.66. The zero-order valence-corrected chi connectivity index (χ0v) is 12.5. The van der Waals surface area contributed by atoms with Crippen molar-refractivity contribution in [3.8, 4) is 11.3 Å². The number of fused-ring (bicyclic) bond motifs is 1. The Bertz CT molecular complexity index is 800. The molecule has 0 aliphatic heterocycles. The molecular weight excluding hydrogens is 242 g/mol. The lowest BCUT2D eigenvalue weighted by atomic mass is 10.0. The van der Waals surface area contributed by atoms with Gasteiger partial charge in [0.05, 0.1) is 11.2 Å². The first kappa shape index (κ1) is 12.9. The molecule has 100 valence electrons. The third-order valence-corrected chi connectivity index (χ3v) is 3.96. The highest BCUT2D eigenvalue weighted by Crippen LogP contribution is 2.25. The molecule has 0 N–H and O–H groups in total. The van der Waals surface area contributed by atoms with E-state index < -0.39 is 0 Å². The molecule has 0 bridgehead atoms. The second kappa shape index (κ2) is 4.75. The molecule has 1 heterocycles. The van der Waals surface area contributed by atoms with Crippen molar-refractivity contribution in [3.63, 3.8) is 0 Å². The second-order valence-electron chi connectivity index (χ2n) is 5.64. The summed E-state index contributed by atoms with van der Waals surface area (Å²) < 4.78 is 0. The molecule has 1 nitrogen and oxygen atoms in total. The Morgan fingerprint density at radius 1 is 0.700 bits per heavy atom. The van der Waals surface area contributed by atoms with Crippen LogP contribution in [-0.2, 0) is 0 Å². The van der Waals surface area contributed by atoms with Crippen molar-refractivity contribution < 1.29 is 0 Å². The lowest BCUT2D eigenvalue weighted by Gasteiger charge is -2.08. The lowest BCUT2D eigenvalue weighted by molar-refractivity contribution is 1.31. The van der Waals surface area contributed by atoms with E-state index >= 15 is 0 Å². The van der Waals surface area contributed by atoms with E-state index in [9.17, 15) is 0 Å². The van der Waals surface area contributed by atoms with E-state index in [1.807, 2.05) is 0 Å². The SMILES string of the molecule is Cc1cc(C)c2ccc(-c3ccc(C)c(C)c3)nc2c1. The highest BCUT2D eigenvalue weighted by atomic mass is 14.7. The summed E-state index contributed by atoms with van der Waals surface area (Å²) in [6, 6.07) is 15.2. The number of aromatic nitrogens is 1. The third kappa shape index (κ3) is 2.20. The summed E-state index contributed by atoms with van der Waals surface area (Å²) in [7, 11) is 0. The molecule has 0 radical (unpaired) electrons. The van der Waals surface area contributed by atoms with Gasteiger partial charge in [-0.25, -0.2) is 4.98 Å². The van der Waals surface area contributed by atoms with Crippen LogP contribution in [0.15, 0.2) is 42.5 Å². The van der Waals surface area contributed by atoms with Gasteiger partial charge in [-0.2, -0.15) is 0 Å². The lowest BCUT2D eigenvalue weighted by Crippen LogP contribution is -1.90. The molecule has 0 amide bonds. The van der Waals surface area contributed by atoms with Gasteiger partial charge in [0.15, 0.2) is 0 Å². The molecule has 0 fully saturated rings. The largest absolute Gasteiger partial charge is 0.248 e. The zero-order chi connectivity index (χ0) is 14.3. The van der Waals surface area contributed by atoms with Crippen LogP contribution in [0.4, 0.5) is 0 Å². The van der Waals surface area contributed by atoms with Crippen LogP contribution in [0.3, 0.4) is 0 Å². The van der Waals surface area contributed by atoms with E-state index in [1.165, 1.54) is 33.2 Å². The van der Waals surface area contributed by atoms with Crippen molar-refractivity contribution in [3.05, 3.63) is 64.7 Å². The first-order chi connectivity index (χ1) is 9.54. The predicted molar refractivity (Wildman–Crippen MR) is 86.1 cm³/mol. The zero-order valence-electron chi connectivity index (χ0n) is 12.5. The summed E-state index contributed by atoms with van der Waals surface area (Å²) in [5.41, 5.74) is 8.50. The van der Waals surface area contributed by atoms with Crippen LogP contribution in [0.2, 0.25) is 0 Å². The van der Waals surface area contributed by atoms with Crippen LogP contribution in [0.5, 0.6) is 0 Å². The maximum absolute atomic E-state index is 4.84. The Morgan fingerprint density at radius 3 is 2.25 bits per heavy atom. The van der Waals surface area contributed by atoms with Gasteiger partial charge in [0.1, 0.15) is 0 Å². The van der Waals surface area contributed by atoms with E-state index in [0.29, 0.717) is 0 Å². The smallest absolute Gasteiger partial charge is 0.0714 e. The quantitative estimate of drug-likeness (QED) is 0.591. The van der Waals surface area contributed by atoms with Crippen molar-refractivity contribution in [1.29, 1.82) is 0 Å². The summed E-state index contributed by atoms with van der Waals surface area (Å²) in [4.78, 5) is 4.84. The van der Waals surface area contributed by atoms with Crippen molar-refractivity contribution in [2.24, 2.45) is 0 Å². The Balaban J connectivity index is 2.19. The average Bonchev–Trinajstić information content (AvgIpc) is 2.41. The Hall–Kier alpha value is -2.15. The fraction of sp³-hybridized carbons (Fsp3) is 0.211. The maximum atomic E-state index is 4.84. The number of hydrogen-bond donors (Lipinski definition) is 0. The molecule has 1 heteroatoms. The summed E-state index contributed by atoms with van der Waals surface area (Å²) in [5.74, 6) is 0. The van der Waals surface area contributed by atoms with Crippen LogP contribution in [0.25, 0.3) is 22.2 Å². The van der Waals surface area contributed by atoms with Crippen molar-refractivity contribution in [2.45, 2.75) is 27.7 Å². The third-order valence-electron chi connectivity index (χ3n) is 3.96. The van der Waals surface area contributed by atoms with E-state index in [-0.39, 0.29) is 0 Å². The Labute approximate surface area is 120 Å². The summed E-state index contributed by atoms with van der Waals surface area (Å²) >= 11 is 0. The minimum atomic E-state index is 1.05. The normalized spacial score (nSPS) is 11.0. The van der Waals surface area contributed by atoms with Gasteiger partial charge in [0, 0.05) is 10.9 Å². The molecule has 0 aliphatic rings. The molecule has 0 saturated heterocycles. The average molecular weight is 261 g/mol. The Kier molecular flexibility index (Phi) is 3.06. The van der Waals surface area contributed by atoms with Crippen LogP contribution in [0, 0.1) is 27.7 Å². The van der Waals surface area contributed by atoms with E-state index in [2.05, 4.69) is 70.2 Å². The van der Waals surface area contributed by atoms with Gasteiger partial charge in [0.2, 0.25) is 0 Å². The number of pyridine rings is 1. The van der Waals surface area contributed by atoms with Gasteiger partial charge < -0.3 is 0 Å². The number of aryl methyl sites for hydroxylation is 4. The van der Waals surface area contributed by atoms with Gasteiger partial charge in [-0.3, -0.25) is 0 Å². The number of benzene rings is 2. The van der Waals surface area contributed by atoms with E-state index in [1.54, 1.807) is 0 Å². The molecule has 3 rings (SSSR count). The molecule has 0 atom stereocenters.